The van der Waals surface area contributed by atoms with E-state index in [2.05, 4.69) is 13.8 Å². The van der Waals surface area contributed by atoms with Crippen molar-refractivity contribution in [3.05, 3.63) is 0 Å². The zero-order valence-corrected chi connectivity index (χ0v) is 10.9. The summed E-state index contributed by atoms with van der Waals surface area (Å²) >= 11 is 0. The Morgan fingerprint density at radius 1 is 0.938 bits per heavy atom. The van der Waals surface area contributed by atoms with E-state index in [1.54, 1.807) is 0 Å². The Balaban J connectivity index is 2.32. The summed E-state index contributed by atoms with van der Waals surface area (Å²) in [6.07, 6.45) is 9.32. The molecule has 1 atom stereocenters. The molecule has 2 nitrogen and oxygen atoms in total. The Morgan fingerprint density at radius 2 is 1.56 bits per heavy atom. The minimum absolute atomic E-state index is 0.00521. The van der Waals surface area contributed by atoms with Crippen LogP contribution in [0.2, 0.25) is 0 Å². The Hall–Kier alpha value is -0.0800. The molecule has 94 valence electrons. The van der Waals surface area contributed by atoms with E-state index in [0.29, 0.717) is 6.54 Å². The van der Waals surface area contributed by atoms with Gasteiger partial charge in [0.1, 0.15) is 0 Å². The number of nitrogens with two attached hydrogens (primary N) is 1. The van der Waals surface area contributed by atoms with Crippen molar-refractivity contribution in [2.45, 2.75) is 70.8 Å². The van der Waals surface area contributed by atoms with Crippen LogP contribution in [0.4, 0.5) is 0 Å². The highest BCUT2D eigenvalue weighted by atomic mass is 16.3. The van der Waals surface area contributed by atoms with Crippen LogP contribution in [-0.4, -0.2) is 17.3 Å². The van der Waals surface area contributed by atoms with Crippen LogP contribution in [-0.2, 0) is 0 Å². The zero-order chi connectivity index (χ0) is 11.9. The van der Waals surface area contributed by atoms with Gasteiger partial charge in [-0.15, -0.1) is 0 Å². The predicted molar refractivity (Wildman–Crippen MR) is 67.2 cm³/mol. The average molecular weight is 225 g/mol. The lowest BCUT2D eigenvalue weighted by molar-refractivity contribution is -0.155. The monoisotopic (exact) mass is 225 g/mol. The third kappa shape index (κ3) is 1.53. The van der Waals surface area contributed by atoms with Gasteiger partial charge in [0, 0.05) is 12.0 Å². The highest BCUT2D eigenvalue weighted by molar-refractivity contribution is 5.11. The van der Waals surface area contributed by atoms with Crippen LogP contribution in [0.25, 0.3) is 0 Å². The third-order valence-electron chi connectivity index (χ3n) is 5.54. The van der Waals surface area contributed by atoms with Crippen molar-refractivity contribution in [2.75, 3.05) is 6.54 Å². The van der Waals surface area contributed by atoms with E-state index in [1.807, 2.05) is 0 Å². The molecule has 0 aromatic heterocycles. The van der Waals surface area contributed by atoms with E-state index in [9.17, 15) is 5.11 Å². The van der Waals surface area contributed by atoms with Crippen molar-refractivity contribution in [3.8, 4) is 0 Å². The van der Waals surface area contributed by atoms with Crippen LogP contribution in [0.3, 0.4) is 0 Å². The lowest BCUT2D eigenvalue weighted by Crippen LogP contribution is -2.58. The number of rotatable bonds is 2. The first-order valence-electron chi connectivity index (χ1n) is 6.90. The van der Waals surface area contributed by atoms with E-state index in [1.165, 1.54) is 19.3 Å². The van der Waals surface area contributed by atoms with Gasteiger partial charge in [-0.1, -0.05) is 33.1 Å². The fraction of sp³-hybridized carbons (Fsp3) is 1.00. The molecular formula is C14H27NO. The fourth-order valence-corrected chi connectivity index (χ4v) is 4.33. The van der Waals surface area contributed by atoms with Crippen molar-refractivity contribution < 1.29 is 5.11 Å². The molecular weight excluding hydrogens is 198 g/mol. The number of aliphatic hydroxyl groups is 1. The van der Waals surface area contributed by atoms with Gasteiger partial charge < -0.3 is 10.8 Å². The maximum Gasteiger partial charge on any atom is 0.0766 e. The van der Waals surface area contributed by atoms with Gasteiger partial charge in [0.15, 0.2) is 0 Å². The first-order valence-corrected chi connectivity index (χ1v) is 6.90. The molecule has 0 spiro atoms. The molecule has 0 aliphatic heterocycles. The Kier molecular flexibility index (Phi) is 3.09. The molecule has 3 N–H and O–H groups in total. The van der Waals surface area contributed by atoms with Crippen LogP contribution < -0.4 is 5.73 Å². The predicted octanol–water partition coefficient (Wildman–Crippen LogP) is 2.84. The van der Waals surface area contributed by atoms with Gasteiger partial charge in [0.2, 0.25) is 0 Å². The molecule has 0 bridgehead atoms. The summed E-state index contributed by atoms with van der Waals surface area (Å²) in [4.78, 5) is 0. The van der Waals surface area contributed by atoms with Crippen LogP contribution in [0, 0.1) is 10.8 Å². The lowest BCUT2D eigenvalue weighted by atomic mass is 9.56. The smallest absolute Gasteiger partial charge is 0.0766 e. The maximum absolute atomic E-state index is 11.2. The molecule has 0 radical (unpaired) electrons. The van der Waals surface area contributed by atoms with Gasteiger partial charge in [-0.2, -0.15) is 0 Å². The molecule has 1 unspecified atom stereocenters. The summed E-state index contributed by atoms with van der Waals surface area (Å²) in [5.74, 6) is 0. The fourth-order valence-electron chi connectivity index (χ4n) is 4.33. The van der Waals surface area contributed by atoms with E-state index < -0.39 is 5.60 Å². The quantitative estimate of drug-likeness (QED) is 0.759. The highest BCUT2D eigenvalue weighted by Crippen LogP contribution is 2.59. The Bertz CT molecular complexity index is 255. The standard InChI is InChI=1S/C14H27NO/c1-12(2)7-6-10-14(12,16)13(11-15)8-4-3-5-9-13/h16H,3-11,15H2,1-2H3. The van der Waals surface area contributed by atoms with Crippen molar-refractivity contribution >= 4 is 0 Å². The van der Waals surface area contributed by atoms with Gasteiger partial charge in [-0.3, -0.25) is 0 Å². The Labute approximate surface area is 99.6 Å². The van der Waals surface area contributed by atoms with Gasteiger partial charge in [-0.05, 0) is 37.5 Å². The lowest BCUT2D eigenvalue weighted by Gasteiger charge is -2.53. The van der Waals surface area contributed by atoms with Crippen molar-refractivity contribution in [1.82, 2.24) is 0 Å². The van der Waals surface area contributed by atoms with Crippen molar-refractivity contribution in [1.29, 1.82) is 0 Å². The second kappa shape index (κ2) is 3.99. The SMILES string of the molecule is CC1(C)CCCC1(O)C1(CN)CCCCC1. The second-order valence-electron chi connectivity index (χ2n) is 6.64. The van der Waals surface area contributed by atoms with Crippen LogP contribution in [0.15, 0.2) is 0 Å². The summed E-state index contributed by atoms with van der Waals surface area (Å²) in [5, 5.41) is 11.2. The number of hydrogen-bond donors (Lipinski definition) is 2. The van der Waals surface area contributed by atoms with Crippen LogP contribution in [0.5, 0.6) is 0 Å². The first-order chi connectivity index (χ1) is 7.47. The molecule has 0 heterocycles. The molecule has 2 fully saturated rings. The largest absolute Gasteiger partial charge is 0.389 e. The second-order valence-corrected chi connectivity index (χ2v) is 6.64. The minimum Gasteiger partial charge on any atom is -0.389 e. The van der Waals surface area contributed by atoms with Gasteiger partial charge >= 0.3 is 0 Å². The minimum atomic E-state index is -0.519. The van der Waals surface area contributed by atoms with Crippen molar-refractivity contribution in [3.63, 3.8) is 0 Å². The van der Waals surface area contributed by atoms with Crippen LogP contribution >= 0.6 is 0 Å². The molecule has 2 aliphatic rings. The zero-order valence-electron chi connectivity index (χ0n) is 10.9. The summed E-state index contributed by atoms with van der Waals surface area (Å²) in [6, 6.07) is 0. The summed E-state index contributed by atoms with van der Waals surface area (Å²) in [7, 11) is 0. The molecule has 0 amide bonds. The normalized spacial score (nSPS) is 37.5. The van der Waals surface area contributed by atoms with Crippen molar-refractivity contribution in [2.24, 2.45) is 16.6 Å². The highest BCUT2D eigenvalue weighted by Gasteiger charge is 2.59. The van der Waals surface area contributed by atoms with Gasteiger partial charge in [0.25, 0.3) is 0 Å². The van der Waals surface area contributed by atoms with Crippen LogP contribution in [0.1, 0.15) is 65.2 Å². The third-order valence-corrected chi connectivity index (χ3v) is 5.54. The van der Waals surface area contributed by atoms with E-state index in [-0.39, 0.29) is 10.8 Å². The topological polar surface area (TPSA) is 46.2 Å². The van der Waals surface area contributed by atoms with Gasteiger partial charge in [0.05, 0.1) is 5.60 Å². The maximum atomic E-state index is 11.2. The molecule has 2 saturated carbocycles. The molecule has 0 aromatic carbocycles. The first kappa shape index (κ1) is 12.4. The molecule has 0 saturated heterocycles. The summed E-state index contributed by atoms with van der Waals surface area (Å²) < 4.78 is 0. The molecule has 0 aromatic rings. The van der Waals surface area contributed by atoms with Gasteiger partial charge in [-0.25, -0.2) is 0 Å². The van der Waals surface area contributed by atoms with E-state index in [0.717, 1.165) is 32.1 Å². The summed E-state index contributed by atoms with van der Waals surface area (Å²) in [6.45, 7) is 5.12. The average Bonchev–Trinajstić information content (AvgIpc) is 2.56. The summed E-state index contributed by atoms with van der Waals surface area (Å²) in [5.41, 5.74) is 5.60. The molecule has 2 aliphatic carbocycles. The molecule has 2 rings (SSSR count). The van der Waals surface area contributed by atoms with E-state index in [4.69, 9.17) is 5.73 Å². The number of hydrogen-bond acceptors (Lipinski definition) is 2. The van der Waals surface area contributed by atoms with E-state index >= 15 is 0 Å². The Morgan fingerprint density at radius 3 is 2.00 bits per heavy atom. The molecule has 16 heavy (non-hydrogen) atoms. The molecule has 2 heteroatoms.